The lowest BCUT2D eigenvalue weighted by Crippen LogP contribution is -2.24. The van der Waals surface area contributed by atoms with E-state index in [1.807, 2.05) is 37.3 Å². The number of amides is 1. The van der Waals surface area contributed by atoms with Gasteiger partial charge in [-0.3, -0.25) is 10.1 Å². The van der Waals surface area contributed by atoms with Gasteiger partial charge in [0.05, 0.1) is 15.8 Å². The molecule has 1 saturated carbocycles. The highest BCUT2D eigenvalue weighted by molar-refractivity contribution is 8.00. The molecule has 1 aromatic carbocycles. The first kappa shape index (κ1) is 19.3. The molecule has 0 saturated heterocycles. The zero-order valence-electron chi connectivity index (χ0n) is 15.9. The summed E-state index contributed by atoms with van der Waals surface area (Å²) in [6.45, 7) is 2.02. The van der Waals surface area contributed by atoms with E-state index in [2.05, 4.69) is 26.6 Å². The van der Waals surface area contributed by atoms with Gasteiger partial charge in [0.1, 0.15) is 5.01 Å². The molecule has 7 heteroatoms. The van der Waals surface area contributed by atoms with E-state index < -0.39 is 0 Å². The Balaban J connectivity index is 1.41. The largest absolute Gasteiger partial charge is 0.300 e. The highest BCUT2D eigenvalue weighted by Gasteiger charge is 2.23. The molecule has 0 spiro atoms. The van der Waals surface area contributed by atoms with Crippen LogP contribution in [0.15, 0.2) is 41.4 Å². The summed E-state index contributed by atoms with van der Waals surface area (Å²) in [4.78, 5) is 17.5. The van der Waals surface area contributed by atoms with Crippen LogP contribution in [0, 0.1) is 0 Å². The standard InChI is InChI=1S/C21H24N4OS2/c1-2-17(27-18-13-12-14-8-6-7-11-16(14)22-18)19(26)23-21-25-24-20(28-21)15-9-4-3-5-10-15/h6-8,11-13,15,17H,2-5,9-10H2,1H3,(H,23,25,26). The third-order valence-corrected chi connectivity index (χ3v) is 7.43. The van der Waals surface area contributed by atoms with Gasteiger partial charge in [0, 0.05) is 11.3 Å². The number of anilines is 1. The zero-order valence-corrected chi connectivity index (χ0v) is 17.6. The number of carbonyl (C=O) groups is 1. The molecule has 3 aromatic rings. The summed E-state index contributed by atoms with van der Waals surface area (Å²) < 4.78 is 0. The average Bonchev–Trinajstić information content (AvgIpc) is 3.21. The second-order valence-corrected chi connectivity index (χ2v) is 9.36. The van der Waals surface area contributed by atoms with E-state index >= 15 is 0 Å². The number of thioether (sulfide) groups is 1. The van der Waals surface area contributed by atoms with Crippen molar-refractivity contribution in [1.82, 2.24) is 15.2 Å². The number of fused-ring (bicyclic) bond motifs is 1. The van der Waals surface area contributed by atoms with Crippen molar-refractivity contribution in [2.45, 2.75) is 61.6 Å². The lowest BCUT2D eigenvalue weighted by molar-refractivity contribution is -0.115. The summed E-state index contributed by atoms with van der Waals surface area (Å²) in [5.74, 6) is 0.476. The van der Waals surface area contributed by atoms with Crippen LogP contribution in [0.3, 0.4) is 0 Å². The maximum absolute atomic E-state index is 12.8. The van der Waals surface area contributed by atoms with Crippen molar-refractivity contribution >= 4 is 45.0 Å². The summed E-state index contributed by atoms with van der Waals surface area (Å²) >= 11 is 3.02. The van der Waals surface area contributed by atoms with Gasteiger partial charge in [-0.05, 0) is 31.4 Å². The molecule has 1 amide bonds. The van der Waals surface area contributed by atoms with Gasteiger partial charge in [-0.1, -0.05) is 73.6 Å². The number of benzene rings is 1. The average molecular weight is 413 g/mol. The number of pyridine rings is 1. The van der Waals surface area contributed by atoms with E-state index in [1.165, 1.54) is 55.2 Å². The molecule has 1 unspecified atom stereocenters. The van der Waals surface area contributed by atoms with Gasteiger partial charge in [0.2, 0.25) is 11.0 Å². The molecule has 2 aromatic heterocycles. The number of hydrogen-bond acceptors (Lipinski definition) is 6. The molecule has 0 radical (unpaired) electrons. The van der Waals surface area contributed by atoms with E-state index in [-0.39, 0.29) is 11.2 Å². The third-order valence-electron chi connectivity index (χ3n) is 5.12. The first-order valence-corrected chi connectivity index (χ1v) is 11.6. The van der Waals surface area contributed by atoms with Crippen LogP contribution in [0.1, 0.15) is 56.4 Å². The number of rotatable bonds is 6. The fourth-order valence-corrected chi connectivity index (χ4v) is 5.40. The number of carbonyl (C=O) groups excluding carboxylic acids is 1. The molecule has 28 heavy (non-hydrogen) atoms. The molecular weight excluding hydrogens is 388 g/mol. The van der Waals surface area contributed by atoms with Crippen LogP contribution >= 0.6 is 23.1 Å². The molecule has 146 valence electrons. The highest BCUT2D eigenvalue weighted by Crippen LogP contribution is 2.35. The first-order chi connectivity index (χ1) is 13.7. The molecule has 1 atom stereocenters. The Morgan fingerprint density at radius 1 is 1.18 bits per heavy atom. The summed E-state index contributed by atoms with van der Waals surface area (Å²) in [7, 11) is 0. The minimum absolute atomic E-state index is 0.0335. The van der Waals surface area contributed by atoms with Crippen molar-refractivity contribution in [2.24, 2.45) is 0 Å². The molecule has 0 aliphatic heterocycles. The van der Waals surface area contributed by atoms with Gasteiger partial charge in [-0.2, -0.15) is 0 Å². The van der Waals surface area contributed by atoms with Crippen LogP contribution in [0.25, 0.3) is 10.9 Å². The molecular formula is C21H24N4OS2. The Morgan fingerprint density at radius 2 is 2.00 bits per heavy atom. The lowest BCUT2D eigenvalue weighted by atomic mass is 9.90. The van der Waals surface area contributed by atoms with Gasteiger partial charge in [-0.25, -0.2) is 4.98 Å². The Hall–Kier alpha value is -1.99. The minimum atomic E-state index is -0.212. The zero-order chi connectivity index (χ0) is 19.3. The van der Waals surface area contributed by atoms with Crippen LogP contribution < -0.4 is 5.32 Å². The fourth-order valence-electron chi connectivity index (χ4n) is 3.57. The number of nitrogens with zero attached hydrogens (tertiary/aromatic N) is 3. The minimum Gasteiger partial charge on any atom is -0.300 e. The molecule has 1 fully saturated rings. The van der Waals surface area contributed by atoms with Crippen LogP contribution in [0.2, 0.25) is 0 Å². The molecule has 0 bridgehead atoms. The smallest absolute Gasteiger partial charge is 0.239 e. The van der Waals surface area contributed by atoms with E-state index in [4.69, 9.17) is 0 Å². The molecule has 2 heterocycles. The number of hydrogen-bond donors (Lipinski definition) is 1. The Kier molecular flexibility index (Phi) is 6.22. The number of nitrogens with one attached hydrogen (secondary N) is 1. The summed E-state index contributed by atoms with van der Waals surface area (Å²) in [6, 6.07) is 12.1. The van der Waals surface area contributed by atoms with Crippen molar-refractivity contribution in [2.75, 3.05) is 5.32 Å². The van der Waals surface area contributed by atoms with Crippen molar-refractivity contribution in [3.8, 4) is 0 Å². The summed E-state index contributed by atoms with van der Waals surface area (Å²) in [5, 5.41) is 14.9. The fraction of sp³-hybridized carbons (Fsp3) is 0.429. The summed E-state index contributed by atoms with van der Waals surface area (Å²) in [6.07, 6.45) is 6.93. The monoisotopic (exact) mass is 412 g/mol. The lowest BCUT2D eigenvalue weighted by Gasteiger charge is -2.18. The molecule has 4 rings (SSSR count). The summed E-state index contributed by atoms with van der Waals surface area (Å²) in [5.41, 5.74) is 0.948. The second-order valence-electron chi connectivity index (χ2n) is 7.13. The van der Waals surface area contributed by atoms with Crippen LogP contribution in [0.5, 0.6) is 0 Å². The maximum Gasteiger partial charge on any atom is 0.239 e. The molecule has 1 aliphatic carbocycles. The third kappa shape index (κ3) is 4.52. The molecule has 5 nitrogen and oxygen atoms in total. The van der Waals surface area contributed by atoms with Crippen molar-refractivity contribution in [1.29, 1.82) is 0 Å². The van der Waals surface area contributed by atoms with Crippen molar-refractivity contribution in [3.63, 3.8) is 0 Å². The quantitative estimate of drug-likeness (QED) is 0.530. The number of aromatic nitrogens is 3. The normalized spacial score (nSPS) is 16.2. The van der Waals surface area contributed by atoms with Gasteiger partial charge in [0.15, 0.2) is 0 Å². The van der Waals surface area contributed by atoms with E-state index in [0.29, 0.717) is 11.0 Å². The predicted molar refractivity (Wildman–Crippen MR) is 116 cm³/mol. The number of para-hydroxylation sites is 1. The SMILES string of the molecule is CCC(Sc1ccc2ccccc2n1)C(=O)Nc1nnc(C2CCCCC2)s1. The van der Waals surface area contributed by atoms with Crippen LogP contribution in [0.4, 0.5) is 5.13 Å². The molecule has 1 aliphatic rings. The predicted octanol–water partition coefficient (Wildman–Crippen LogP) is 5.64. The Bertz CT molecular complexity index is 952. The van der Waals surface area contributed by atoms with Crippen molar-refractivity contribution < 1.29 is 4.79 Å². The van der Waals surface area contributed by atoms with E-state index in [0.717, 1.165) is 27.4 Å². The van der Waals surface area contributed by atoms with E-state index in [1.54, 1.807) is 0 Å². The van der Waals surface area contributed by atoms with Gasteiger partial charge < -0.3 is 0 Å². The highest BCUT2D eigenvalue weighted by atomic mass is 32.2. The second kappa shape index (κ2) is 9.01. The Labute approximate surface area is 173 Å². The van der Waals surface area contributed by atoms with Crippen LogP contribution in [-0.4, -0.2) is 26.3 Å². The van der Waals surface area contributed by atoms with Gasteiger partial charge in [0.25, 0.3) is 0 Å². The van der Waals surface area contributed by atoms with Crippen LogP contribution in [-0.2, 0) is 4.79 Å². The van der Waals surface area contributed by atoms with E-state index in [9.17, 15) is 4.79 Å². The van der Waals surface area contributed by atoms with Gasteiger partial charge in [-0.15, -0.1) is 10.2 Å². The van der Waals surface area contributed by atoms with Gasteiger partial charge >= 0.3 is 0 Å². The first-order valence-electron chi connectivity index (χ1n) is 9.89. The maximum atomic E-state index is 12.8. The molecule has 1 N–H and O–H groups in total. The van der Waals surface area contributed by atoms with Crippen molar-refractivity contribution in [3.05, 3.63) is 41.4 Å². The topological polar surface area (TPSA) is 67.8 Å². The Morgan fingerprint density at radius 3 is 2.82 bits per heavy atom.